The van der Waals surface area contributed by atoms with Gasteiger partial charge in [0.15, 0.2) is 0 Å². The summed E-state index contributed by atoms with van der Waals surface area (Å²) in [6, 6.07) is -3.52. The van der Waals surface area contributed by atoms with E-state index in [4.69, 9.17) is 17.2 Å². The third-order valence-electron chi connectivity index (χ3n) is 4.69. The van der Waals surface area contributed by atoms with Crippen molar-refractivity contribution >= 4 is 29.6 Å². The molecule has 11 N–H and O–H groups in total. The number of nitrogens with one attached hydrogen (secondary N) is 4. The summed E-state index contributed by atoms with van der Waals surface area (Å²) in [7, 11) is 0. The molecule has 14 nitrogen and oxygen atoms in total. The molecule has 184 valence electrons. The zero-order valence-corrected chi connectivity index (χ0v) is 18.2. The van der Waals surface area contributed by atoms with E-state index in [0.717, 1.165) is 0 Å². The predicted molar refractivity (Wildman–Crippen MR) is 116 cm³/mol. The Morgan fingerprint density at radius 1 is 0.970 bits per heavy atom. The van der Waals surface area contributed by atoms with E-state index in [9.17, 15) is 29.1 Å². The first-order valence-corrected chi connectivity index (χ1v) is 10.5. The molecule has 0 saturated carbocycles. The van der Waals surface area contributed by atoms with E-state index >= 15 is 0 Å². The first-order chi connectivity index (χ1) is 15.7. The summed E-state index contributed by atoms with van der Waals surface area (Å²) in [6.45, 7) is 0.0287. The fraction of sp³-hybridized carbons (Fsp3) is 0.579. The lowest BCUT2D eigenvalue weighted by molar-refractivity contribution is -0.142. The van der Waals surface area contributed by atoms with Gasteiger partial charge in [0.2, 0.25) is 23.6 Å². The van der Waals surface area contributed by atoms with Crippen LogP contribution in [0, 0.1) is 0 Å². The maximum atomic E-state index is 12.9. The molecule has 1 rings (SSSR count). The van der Waals surface area contributed by atoms with Crippen molar-refractivity contribution in [2.24, 2.45) is 17.2 Å². The molecule has 0 fully saturated rings. The summed E-state index contributed by atoms with van der Waals surface area (Å²) in [5.41, 5.74) is 16.4. The third-order valence-corrected chi connectivity index (χ3v) is 4.69. The van der Waals surface area contributed by atoms with Crippen LogP contribution in [0.5, 0.6) is 0 Å². The molecule has 33 heavy (non-hydrogen) atoms. The van der Waals surface area contributed by atoms with Gasteiger partial charge in [0, 0.05) is 24.7 Å². The zero-order chi connectivity index (χ0) is 24.8. The molecule has 0 aliphatic carbocycles. The maximum absolute atomic E-state index is 12.9. The average Bonchev–Trinajstić information content (AvgIpc) is 3.27. The number of unbranched alkanes of at least 4 members (excludes halogenated alkanes) is 1. The summed E-state index contributed by atoms with van der Waals surface area (Å²) in [4.78, 5) is 66.6. The van der Waals surface area contributed by atoms with Crippen LogP contribution in [0.25, 0.3) is 0 Å². The molecule has 0 radical (unpaired) electrons. The number of H-pyrrole nitrogens is 1. The molecule has 14 heteroatoms. The van der Waals surface area contributed by atoms with Gasteiger partial charge in [0.25, 0.3) is 0 Å². The van der Waals surface area contributed by atoms with Gasteiger partial charge in [-0.05, 0) is 32.2 Å². The minimum absolute atomic E-state index is 0.0606. The molecule has 3 atom stereocenters. The number of carbonyl (C=O) groups is 5. The zero-order valence-electron chi connectivity index (χ0n) is 18.2. The normalized spacial score (nSPS) is 13.4. The number of nitrogens with zero attached hydrogens (tertiary/aromatic N) is 1. The molecular formula is C19H32N8O6. The summed E-state index contributed by atoms with van der Waals surface area (Å²) in [6.07, 6.45) is 3.75. The minimum atomic E-state index is -1.36. The van der Waals surface area contributed by atoms with E-state index in [1.807, 2.05) is 0 Å². The SMILES string of the molecule is NCCCCC(NC(=O)C(Cc1cnc[nH]1)NC(=O)CN)C(=O)NC(CCC(N)=O)C(=O)O. The highest BCUT2D eigenvalue weighted by atomic mass is 16.4. The Labute approximate surface area is 190 Å². The number of hydrogen-bond donors (Lipinski definition) is 8. The van der Waals surface area contributed by atoms with Crippen LogP contribution in [0.1, 0.15) is 37.8 Å². The molecule has 4 amide bonds. The fourth-order valence-corrected chi connectivity index (χ4v) is 2.93. The van der Waals surface area contributed by atoms with Crippen LogP contribution in [0.2, 0.25) is 0 Å². The molecule has 0 aliphatic heterocycles. The Balaban J connectivity index is 2.95. The molecule has 3 unspecified atom stereocenters. The number of aliphatic carboxylic acids is 1. The van der Waals surface area contributed by atoms with Gasteiger partial charge in [-0.1, -0.05) is 0 Å². The first-order valence-electron chi connectivity index (χ1n) is 10.5. The van der Waals surface area contributed by atoms with E-state index in [0.29, 0.717) is 25.1 Å². The molecule has 0 spiro atoms. The Morgan fingerprint density at radius 2 is 1.64 bits per heavy atom. The van der Waals surface area contributed by atoms with Gasteiger partial charge in [-0.2, -0.15) is 0 Å². The van der Waals surface area contributed by atoms with Crippen molar-refractivity contribution in [1.82, 2.24) is 25.9 Å². The lowest BCUT2D eigenvalue weighted by Crippen LogP contribution is -2.56. The van der Waals surface area contributed by atoms with Crippen LogP contribution in [0.3, 0.4) is 0 Å². The van der Waals surface area contributed by atoms with Crippen molar-refractivity contribution in [3.05, 3.63) is 18.2 Å². The lowest BCUT2D eigenvalue weighted by Gasteiger charge is -2.24. The van der Waals surface area contributed by atoms with Gasteiger partial charge in [-0.25, -0.2) is 9.78 Å². The second-order valence-corrected chi connectivity index (χ2v) is 7.36. The molecule has 0 aromatic carbocycles. The molecule has 0 saturated heterocycles. The van der Waals surface area contributed by atoms with Crippen LogP contribution >= 0.6 is 0 Å². The molecule has 1 aromatic heterocycles. The van der Waals surface area contributed by atoms with Crippen molar-refractivity contribution in [2.45, 2.75) is 56.7 Å². The first kappa shape index (κ1) is 27.5. The van der Waals surface area contributed by atoms with E-state index in [1.54, 1.807) is 0 Å². The van der Waals surface area contributed by atoms with Crippen molar-refractivity contribution < 1.29 is 29.1 Å². The highest BCUT2D eigenvalue weighted by molar-refractivity contribution is 5.93. The minimum Gasteiger partial charge on any atom is -0.480 e. The van der Waals surface area contributed by atoms with Crippen LogP contribution in [-0.2, 0) is 30.4 Å². The average molecular weight is 469 g/mol. The van der Waals surface area contributed by atoms with Crippen molar-refractivity contribution in [3.8, 4) is 0 Å². The second kappa shape index (κ2) is 14.5. The number of primary amides is 1. The summed E-state index contributed by atoms with van der Waals surface area (Å²) in [5, 5.41) is 16.7. The Bertz CT molecular complexity index is 800. The monoisotopic (exact) mass is 468 g/mol. The number of hydrogen-bond acceptors (Lipinski definition) is 8. The topological polar surface area (TPSA) is 248 Å². The van der Waals surface area contributed by atoms with Gasteiger partial charge in [0.05, 0.1) is 12.9 Å². The standard InChI is InChI=1S/C19H32N8O6/c20-6-2-1-3-12(17(30)27-13(19(32)33)4-5-15(22)28)26-18(31)14(25-16(29)8-21)7-11-9-23-10-24-11/h9-10,12-14H,1-8,20-21H2,(H2,22,28)(H,23,24)(H,25,29)(H,26,31)(H,27,30)(H,32,33). The Morgan fingerprint density at radius 3 is 2.18 bits per heavy atom. The van der Waals surface area contributed by atoms with Crippen molar-refractivity contribution in [1.29, 1.82) is 0 Å². The van der Waals surface area contributed by atoms with E-state index < -0.39 is 47.7 Å². The number of carboxylic acid groups (broad SMARTS) is 1. The smallest absolute Gasteiger partial charge is 0.326 e. The lowest BCUT2D eigenvalue weighted by atomic mass is 10.0. The highest BCUT2D eigenvalue weighted by Gasteiger charge is 2.29. The van der Waals surface area contributed by atoms with Crippen LogP contribution < -0.4 is 33.2 Å². The molecular weight excluding hydrogens is 436 g/mol. The Kier molecular flexibility index (Phi) is 12.1. The van der Waals surface area contributed by atoms with Gasteiger partial charge >= 0.3 is 5.97 Å². The number of carbonyl (C=O) groups excluding carboxylic acids is 4. The number of nitrogens with two attached hydrogens (primary N) is 3. The highest BCUT2D eigenvalue weighted by Crippen LogP contribution is 2.06. The fourth-order valence-electron chi connectivity index (χ4n) is 2.93. The quantitative estimate of drug-likeness (QED) is 0.114. The number of aromatic amines is 1. The number of aromatic nitrogens is 2. The predicted octanol–water partition coefficient (Wildman–Crippen LogP) is -3.16. The largest absolute Gasteiger partial charge is 0.480 e. The Hall–Kier alpha value is -3.52. The molecule has 0 aliphatic rings. The number of carboxylic acids is 1. The maximum Gasteiger partial charge on any atom is 0.326 e. The van der Waals surface area contributed by atoms with E-state index in [-0.39, 0.29) is 32.2 Å². The van der Waals surface area contributed by atoms with Gasteiger partial charge in [-0.15, -0.1) is 0 Å². The van der Waals surface area contributed by atoms with Gasteiger partial charge in [-0.3, -0.25) is 19.2 Å². The third kappa shape index (κ3) is 10.6. The molecule has 1 aromatic rings. The summed E-state index contributed by atoms with van der Waals surface area (Å²) in [5.74, 6) is -4.04. The van der Waals surface area contributed by atoms with Crippen molar-refractivity contribution in [3.63, 3.8) is 0 Å². The molecule has 1 heterocycles. The number of rotatable bonds is 16. The van der Waals surface area contributed by atoms with E-state index in [2.05, 4.69) is 25.9 Å². The summed E-state index contributed by atoms with van der Waals surface area (Å²) < 4.78 is 0. The van der Waals surface area contributed by atoms with Crippen LogP contribution in [-0.4, -0.2) is 75.9 Å². The number of imidazole rings is 1. The van der Waals surface area contributed by atoms with Crippen molar-refractivity contribution in [2.75, 3.05) is 13.1 Å². The summed E-state index contributed by atoms with van der Waals surface area (Å²) >= 11 is 0. The van der Waals surface area contributed by atoms with Gasteiger partial charge < -0.3 is 43.2 Å². The van der Waals surface area contributed by atoms with E-state index in [1.165, 1.54) is 12.5 Å². The molecule has 0 bridgehead atoms. The van der Waals surface area contributed by atoms with Gasteiger partial charge in [0.1, 0.15) is 18.1 Å². The number of amides is 4. The second-order valence-electron chi connectivity index (χ2n) is 7.36. The van der Waals surface area contributed by atoms with Crippen LogP contribution in [0.4, 0.5) is 0 Å². The van der Waals surface area contributed by atoms with Crippen LogP contribution in [0.15, 0.2) is 12.5 Å².